The number of alkyl halides is 3. The van der Waals surface area contributed by atoms with Crippen LogP contribution in [0.2, 0.25) is 0 Å². The molecular formula is C28H30F3NO3S2. The summed E-state index contributed by atoms with van der Waals surface area (Å²) in [5, 5.41) is 11.3. The summed E-state index contributed by atoms with van der Waals surface area (Å²) in [5.74, 6) is -0.199. The van der Waals surface area contributed by atoms with Gasteiger partial charge in [0.25, 0.3) is 5.91 Å². The molecule has 3 aromatic rings. The Balaban J connectivity index is 1.43. The van der Waals surface area contributed by atoms with Crippen LogP contribution in [-0.4, -0.2) is 29.3 Å². The predicted octanol–water partition coefficient (Wildman–Crippen LogP) is 7.76. The van der Waals surface area contributed by atoms with Gasteiger partial charge in [-0.2, -0.15) is 13.2 Å². The first-order chi connectivity index (χ1) is 17.5. The zero-order chi connectivity index (χ0) is 27.0. The molecule has 0 saturated heterocycles. The van der Waals surface area contributed by atoms with Gasteiger partial charge in [-0.05, 0) is 97.5 Å². The SMILES string of the molecule is Cc1cc(SCCCCCc2ccc(C(=O)NCCC(=O)O)s2)cc(C)c1-c1ccc(C(F)(F)F)cc1. The van der Waals surface area contributed by atoms with Crippen LogP contribution in [0.3, 0.4) is 0 Å². The summed E-state index contributed by atoms with van der Waals surface area (Å²) in [7, 11) is 0. The molecule has 3 rings (SSSR count). The van der Waals surface area contributed by atoms with Gasteiger partial charge < -0.3 is 10.4 Å². The van der Waals surface area contributed by atoms with E-state index < -0.39 is 17.7 Å². The monoisotopic (exact) mass is 549 g/mol. The van der Waals surface area contributed by atoms with E-state index in [0.717, 1.165) is 75.6 Å². The topological polar surface area (TPSA) is 66.4 Å². The number of aliphatic carboxylic acids is 1. The van der Waals surface area contributed by atoms with Gasteiger partial charge in [-0.15, -0.1) is 23.1 Å². The first-order valence-electron chi connectivity index (χ1n) is 12.0. The third-order valence-electron chi connectivity index (χ3n) is 5.85. The number of carboxylic acid groups (broad SMARTS) is 1. The molecule has 2 N–H and O–H groups in total. The van der Waals surface area contributed by atoms with Gasteiger partial charge in [0.15, 0.2) is 0 Å². The standard InChI is InChI=1S/C28H30F3NO3S2/c1-18-16-23(17-19(2)26(18)20-7-9-21(10-8-20)28(29,30)31)36-15-5-3-4-6-22-11-12-24(37-22)27(35)32-14-13-25(33)34/h7-12,16-17H,3-6,13-15H2,1-2H3,(H,32,35)(H,33,34). The van der Waals surface area contributed by atoms with E-state index in [9.17, 15) is 22.8 Å². The van der Waals surface area contributed by atoms with Gasteiger partial charge in [-0.25, -0.2) is 0 Å². The highest BCUT2D eigenvalue weighted by Gasteiger charge is 2.30. The van der Waals surface area contributed by atoms with Crippen LogP contribution in [0.15, 0.2) is 53.4 Å². The van der Waals surface area contributed by atoms with Crippen molar-refractivity contribution in [1.29, 1.82) is 0 Å². The van der Waals surface area contributed by atoms with Crippen molar-refractivity contribution >= 4 is 35.0 Å². The quantitative estimate of drug-likeness (QED) is 0.179. The molecule has 0 radical (unpaired) electrons. The summed E-state index contributed by atoms with van der Waals surface area (Å²) in [6, 6.07) is 13.3. The molecule has 37 heavy (non-hydrogen) atoms. The number of halogens is 3. The molecule has 0 atom stereocenters. The molecule has 1 aromatic heterocycles. The smallest absolute Gasteiger partial charge is 0.416 e. The van der Waals surface area contributed by atoms with E-state index in [1.54, 1.807) is 17.8 Å². The molecule has 0 spiro atoms. The summed E-state index contributed by atoms with van der Waals surface area (Å²) < 4.78 is 38.6. The molecule has 9 heteroatoms. The lowest BCUT2D eigenvalue weighted by molar-refractivity contribution is -0.138. The van der Waals surface area contributed by atoms with Crippen molar-refractivity contribution in [2.24, 2.45) is 0 Å². The summed E-state index contributed by atoms with van der Waals surface area (Å²) in [5.41, 5.74) is 3.21. The molecule has 1 amide bonds. The molecule has 0 aliphatic heterocycles. The van der Waals surface area contributed by atoms with Crippen LogP contribution in [0.4, 0.5) is 13.2 Å². The molecule has 1 heterocycles. The largest absolute Gasteiger partial charge is 0.481 e. The third-order valence-corrected chi connectivity index (χ3v) is 8.06. The maximum absolute atomic E-state index is 12.9. The van der Waals surface area contributed by atoms with E-state index in [-0.39, 0.29) is 18.9 Å². The normalized spacial score (nSPS) is 11.5. The van der Waals surface area contributed by atoms with E-state index in [0.29, 0.717) is 4.88 Å². The first kappa shape index (κ1) is 28.8. The Labute approximate surface area is 223 Å². The fraction of sp³-hybridized carbons (Fsp3) is 0.357. The molecule has 0 aliphatic carbocycles. The van der Waals surface area contributed by atoms with Crippen molar-refractivity contribution in [3.8, 4) is 11.1 Å². The number of rotatable bonds is 12. The highest BCUT2D eigenvalue weighted by Crippen LogP contribution is 2.35. The molecule has 0 aliphatic rings. The van der Waals surface area contributed by atoms with Crippen LogP contribution >= 0.6 is 23.1 Å². The number of thioether (sulfide) groups is 1. The van der Waals surface area contributed by atoms with E-state index in [1.807, 2.05) is 19.9 Å². The van der Waals surface area contributed by atoms with Crippen molar-refractivity contribution in [2.45, 2.75) is 57.0 Å². The lowest BCUT2D eigenvalue weighted by Crippen LogP contribution is -2.25. The van der Waals surface area contributed by atoms with Gasteiger partial charge in [-0.1, -0.05) is 18.6 Å². The maximum Gasteiger partial charge on any atom is 0.416 e. The van der Waals surface area contributed by atoms with E-state index in [4.69, 9.17) is 5.11 Å². The van der Waals surface area contributed by atoms with Crippen LogP contribution in [0, 0.1) is 13.8 Å². The minimum absolute atomic E-state index is 0.0928. The van der Waals surface area contributed by atoms with Crippen molar-refractivity contribution in [2.75, 3.05) is 12.3 Å². The lowest BCUT2D eigenvalue weighted by Gasteiger charge is -2.14. The fourth-order valence-electron chi connectivity index (χ4n) is 4.06. The maximum atomic E-state index is 12.9. The Morgan fingerprint density at radius 3 is 2.27 bits per heavy atom. The minimum Gasteiger partial charge on any atom is -0.481 e. The van der Waals surface area contributed by atoms with Crippen LogP contribution < -0.4 is 5.32 Å². The molecule has 0 saturated carbocycles. The summed E-state index contributed by atoms with van der Waals surface area (Å²) in [4.78, 5) is 25.5. The van der Waals surface area contributed by atoms with Crippen molar-refractivity contribution in [3.05, 3.63) is 75.0 Å². The van der Waals surface area contributed by atoms with Crippen molar-refractivity contribution in [3.63, 3.8) is 0 Å². The minimum atomic E-state index is -4.34. The second kappa shape index (κ2) is 13.1. The van der Waals surface area contributed by atoms with Gasteiger partial charge in [0.05, 0.1) is 16.9 Å². The number of carbonyl (C=O) groups is 2. The summed E-state index contributed by atoms with van der Waals surface area (Å²) >= 11 is 3.23. The highest BCUT2D eigenvalue weighted by molar-refractivity contribution is 7.99. The van der Waals surface area contributed by atoms with Crippen molar-refractivity contribution in [1.82, 2.24) is 5.32 Å². The Bertz CT molecular complexity index is 1200. The molecule has 0 fully saturated rings. The van der Waals surface area contributed by atoms with Gasteiger partial charge >= 0.3 is 12.1 Å². The number of thiophene rings is 1. The number of amides is 1. The van der Waals surface area contributed by atoms with Gasteiger partial charge in [0, 0.05) is 16.3 Å². The Kier molecular flexibility index (Phi) is 10.2. The number of benzene rings is 2. The Hall–Kier alpha value is -2.78. The Morgan fingerprint density at radius 2 is 1.65 bits per heavy atom. The number of unbranched alkanes of at least 4 members (excludes halogenated alkanes) is 2. The van der Waals surface area contributed by atoms with Crippen LogP contribution in [0.1, 0.15) is 56.9 Å². The number of carbonyl (C=O) groups excluding carboxylic acids is 1. The first-order valence-corrected chi connectivity index (χ1v) is 13.8. The molecule has 198 valence electrons. The lowest BCUT2D eigenvalue weighted by atomic mass is 9.95. The summed E-state index contributed by atoms with van der Waals surface area (Å²) in [6.07, 6.45) is -0.394. The summed E-state index contributed by atoms with van der Waals surface area (Å²) in [6.45, 7) is 4.10. The van der Waals surface area contributed by atoms with Gasteiger partial charge in [0.1, 0.15) is 0 Å². The number of nitrogens with one attached hydrogen (secondary N) is 1. The van der Waals surface area contributed by atoms with Gasteiger partial charge in [-0.3, -0.25) is 9.59 Å². The molecule has 0 bridgehead atoms. The van der Waals surface area contributed by atoms with Crippen LogP contribution in [0.5, 0.6) is 0 Å². The second-order valence-electron chi connectivity index (χ2n) is 8.83. The second-order valence-corrected chi connectivity index (χ2v) is 11.2. The predicted molar refractivity (Wildman–Crippen MR) is 144 cm³/mol. The number of hydrogen-bond donors (Lipinski definition) is 2. The van der Waals surface area contributed by atoms with Crippen molar-refractivity contribution < 1.29 is 27.9 Å². The van der Waals surface area contributed by atoms with E-state index in [1.165, 1.54) is 23.5 Å². The molecule has 0 unspecified atom stereocenters. The zero-order valence-electron chi connectivity index (χ0n) is 20.8. The van der Waals surface area contributed by atoms with Gasteiger partial charge in [0.2, 0.25) is 0 Å². The van der Waals surface area contributed by atoms with Crippen LogP contribution in [-0.2, 0) is 17.4 Å². The Morgan fingerprint density at radius 1 is 0.973 bits per heavy atom. The van der Waals surface area contributed by atoms with Crippen LogP contribution in [0.25, 0.3) is 11.1 Å². The number of hydrogen-bond acceptors (Lipinski definition) is 4. The number of carboxylic acids is 1. The molecular weight excluding hydrogens is 519 g/mol. The fourth-order valence-corrected chi connectivity index (χ4v) is 6.13. The van der Waals surface area contributed by atoms with E-state index in [2.05, 4.69) is 17.4 Å². The molecule has 4 nitrogen and oxygen atoms in total. The third kappa shape index (κ3) is 8.64. The highest BCUT2D eigenvalue weighted by atomic mass is 32.2. The average Bonchev–Trinajstić information content (AvgIpc) is 3.29. The van der Waals surface area contributed by atoms with E-state index >= 15 is 0 Å². The number of aryl methyl sites for hydroxylation is 3. The molecule has 2 aromatic carbocycles. The zero-order valence-corrected chi connectivity index (χ0v) is 22.4. The average molecular weight is 550 g/mol.